The SMILES string of the molecule is CC(C)NCC(=O)NCC1CCCCC1O. The van der Waals surface area contributed by atoms with Gasteiger partial charge in [-0.25, -0.2) is 0 Å². The van der Waals surface area contributed by atoms with Crippen molar-refractivity contribution in [3.05, 3.63) is 0 Å². The fourth-order valence-electron chi connectivity index (χ4n) is 2.03. The highest BCUT2D eigenvalue weighted by Gasteiger charge is 2.23. The number of rotatable bonds is 5. The maximum Gasteiger partial charge on any atom is 0.233 e. The van der Waals surface area contributed by atoms with E-state index in [-0.39, 0.29) is 17.9 Å². The molecular formula is C12H24N2O2. The first-order valence-electron chi connectivity index (χ1n) is 6.27. The first-order chi connectivity index (χ1) is 7.59. The van der Waals surface area contributed by atoms with Crippen molar-refractivity contribution in [3.63, 3.8) is 0 Å². The summed E-state index contributed by atoms with van der Waals surface area (Å²) >= 11 is 0. The van der Waals surface area contributed by atoms with Gasteiger partial charge in [-0.3, -0.25) is 4.79 Å². The van der Waals surface area contributed by atoms with Gasteiger partial charge in [0.1, 0.15) is 0 Å². The van der Waals surface area contributed by atoms with Crippen molar-refractivity contribution < 1.29 is 9.90 Å². The molecule has 1 fully saturated rings. The van der Waals surface area contributed by atoms with Gasteiger partial charge in [0.2, 0.25) is 5.91 Å². The van der Waals surface area contributed by atoms with Crippen molar-refractivity contribution in [2.45, 2.75) is 51.7 Å². The second-order valence-electron chi connectivity index (χ2n) is 4.95. The first-order valence-corrected chi connectivity index (χ1v) is 6.27. The molecule has 1 rings (SSSR count). The molecule has 0 aromatic heterocycles. The molecule has 0 spiro atoms. The Hall–Kier alpha value is -0.610. The van der Waals surface area contributed by atoms with Crippen LogP contribution in [0.2, 0.25) is 0 Å². The molecule has 1 amide bonds. The monoisotopic (exact) mass is 228 g/mol. The fourth-order valence-corrected chi connectivity index (χ4v) is 2.03. The third-order valence-electron chi connectivity index (χ3n) is 3.10. The van der Waals surface area contributed by atoms with Crippen LogP contribution in [-0.4, -0.2) is 36.2 Å². The number of hydrogen-bond donors (Lipinski definition) is 3. The molecule has 0 saturated heterocycles. The lowest BCUT2D eigenvalue weighted by Gasteiger charge is -2.27. The molecule has 0 radical (unpaired) electrons. The highest BCUT2D eigenvalue weighted by molar-refractivity contribution is 5.77. The molecule has 16 heavy (non-hydrogen) atoms. The molecule has 1 aliphatic carbocycles. The van der Waals surface area contributed by atoms with Crippen molar-refractivity contribution in [1.29, 1.82) is 0 Å². The maximum absolute atomic E-state index is 11.4. The van der Waals surface area contributed by atoms with Crippen molar-refractivity contribution in [1.82, 2.24) is 10.6 Å². The van der Waals surface area contributed by atoms with Crippen LogP contribution in [0.4, 0.5) is 0 Å². The Bertz CT molecular complexity index is 219. The fraction of sp³-hybridized carbons (Fsp3) is 0.917. The molecule has 0 aromatic rings. The van der Waals surface area contributed by atoms with E-state index < -0.39 is 0 Å². The highest BCUT2D eigenvalue weighted by Crippen LogP contribution is 2.23. The molecule has 1 aliphatic rings. The minimum atomic E-state index is -0.230. The molecule has 4 nitrogen and oxygen atoms in total. The second kappa shape index (κ2) is 6.86. The number of nitrogens with one attached hydrogen (secondary N) is 2. The second-order valence-corrected chi connectivity index (χ2v) is 4.95. The Morgan fingerprint density at radius 1 is 1.38 bits per heavy atom. The summed E-state index contributed by atoms with van der Waals surface area (Å²) in [7, 11) is 0. The molecule has 4 heteroatoms. The zero-order valence-electron chi connectivity index (χ0n) is 10.3. The summed E-state index contributed by atoms with van der Waals surface area (Å²) in [5, 5.41) is 15.7. The Labute approximate surface area is 97.8 Å². The van der Waals surface area contributed by atoms with E-state index in [0.717, 1.165) is 19.3 Å². The Balaban J connectivity index is 2.15. The summed E-state index contributed by atoms with van der Waals surface area (Å²) in [5.41, 5.74) is 0. The van der Waals surface area contributed by atoms with Crippen LogP contribution < -0.4 is 10.6 Å². The zero-order chi connectivity index (χ0) is 12.0. The number of amides is 1. The van der Waals surface area contributed by atoms with Gasteiger partial charge in [-0.05, 0) is 12.8 Å². The average Bonchev–Trinajstić information content (AvgIpc) is 2.25. The molecule has 3 N–H and O–H groups in total. The number of hydrogen-bond acceptors (Lipinski definition) is 3. The molecule has 0 aliphatic heterocycles. The van der Waals surface area contributed by atoms with Gasteiger partial charge in [0, 0.05) is 18.5 Å². The molecular weight excluding hydrogens is 204 g/mol. The summed E-state index contributed by atoms with van der Waals surface area (Å²) in [6, 6.07) is 0.325. The van der Waals surface area contributed by atoms with Crippen molar-refractivity contribution >= 4 is 5.91 Å². The van der Waals surface area contributed by atoms with E-state index in [9.17, 15) is 9.90 Å². The highest BCUT2D eigenvalue weighted by atomic mass is 16.3. The van der Waals surface area contributed by atoms with Crippen LogP contribution >= 0.6 is 0 Å². The number of carbonyl (C=O) groups excluding carboxylic acids is 1. The minimum absolute atomic E-state index is 0.0199. The van der Waals surface area contributed by atoms with Gasteiger partial charge >= 0.3 is 0 Å². The average molecular weight is 228 g/mol. The van der Waals surface area contributed by atoms with Gasteiger partial charge in [0.15, 0.2) is 0 Å². The first kappa shape index (κ1) is 13.5. The van der Waals surface area contributed by atoms with E-state index in [1.807, 2.05) is 13.8 Å². The molecule has 1 saturated carbocycles. The zero-order valence-corrected chi connectivity index (χ0v) is 10.3. The largest absolute Gasteiger partial charge is 0.393 e. The third kappa shape index (κ3) is 4.94. The maximum atomic E-state index is 11.4. The summed E-state index contributed by atoms with van der Waals surface area (Å²) in [4.78, 5) is 11.4. The Morgan fingerprint density at radius 2 is 2.06 bits per heavy atom. The van der Waals surface area contributed by atoms with Gasteiger partial charge in [-0.2, -0.15) is 0 Å². The lowest BCUT2D eigenvalue weighted by Crippen LogP contribution is -2.41. The Kier molecular flexibility index (Phi) is 5.77. The van der Waals surface area contributed by atoms with E-state index in [1.54, 1.807) is 0 Å². The summed E-state index contributed by atoms with van der Waals surface area (Å²) < 4.78 is 0. The van der Waals surface area contributed by atoms with Crippen LogP contribution in [0, 0.1) is 5.92 Å². The van der Waals surface area contributed by atoms with Crippen LogP contribution in [0.15, 0.2) is 0 Å². The number of aliphatic hydroxyl groups excluding tert-OH is 1. The van der Waals surface area contributed by atoms with Gasteiger partial charge < -0.3 is 15.7 Å². The minimum Gasteiger partial charge on any atom is -0.393 e. The van der Waals surface area contributed by atoms with Gasteiger partial charge in [-0.15, -0.1) is 0 Å². The van der Waals surface area contributed by atoms with Gasteiger partial charge in [-0.1, -0.05) is 26.7 Å². The lowest BCUT2D eigenvalue weighted by atomic mass is 9.86. The third-order valence-corrected chi connectivity index (χ3v) is 3.10. The van der Waals surface area contributed by atoms with Crippen molar-refractivity contribution in [2.75, 3.05) is 13.1 Å². The molecule has 0 heterocycles. The number of carbonyl (C=O) groups is 1. The summed E-state index contributed by atoms with van der Waals surface area (Å²) in [6.45, 7) is 5.00. The molecule has 2 atom stereocenters. The van der Waals surface area contributed by atoms with E-state index >= 15 is 0 Å². The van der Waals surface area contributed by atoms with Crippen LogP contribution in [0.25, 0.3) is 0 Å². The topological polar surface area (TPSA) is 61.4 Å². The van der Waals surface area contributed by atoms with Crippen LogP contribution in [0.1, 0.15) is 39.5 Å². The van der Waals surface area contributed by atoms with Gasteiger partial charge in [0.25, 0.3) is 0 Å². The standard InChI is InChI=1S/C12H24N2O2/c1-9(2)13-8-12(16)14-7-10-5-3-4-6-11(10)15/h9-11,13,15H,3-8H2,1-2H3,(H,14,16). The molecule has 94 valence electrons. The molecule has 2 unspecified atom stereocenters. The van der Waals surface area contributed by atoms with E-state index in [0.29, 0.717) is 19.1 Å². The van der Waals surface area contributed by atoms with Crippen LogP contribution in [0.3, 0.4) is 0 Å². The normalized spacial score (nSPS) is 25.8. The predicted molar refractivity (Wildman–Crippen MR) is 64.1 cm³/mol. The Morgan fingerprint density at radius 3 is 2.69 bits per heavy atom. The summed E-state index contributed by atoms with van der Waals surface area (Å²) in [5.74, 6) is 0.267. The summed E-state index contributed by atoms with van der Waals surface area (Å²) in [6.07, 6.45) is 3.96. The van der Waals surface area contributed by atoms with Crippen LogP contribution in [0.5, 0.6) is 0 Å². The van der Waals surface area contributed by atoms with Crippen molar-refractivity contribution in [3.8, 4) is 0 Å². The molecule has 0 bridgehead atoms. The lowest BCUT2D eigenvalue weighted by molar-refractivity contribution is -0.120. The van der Waals surface area contributed by atoms with E-state index in [4.69, 9.17) is 0 Å². The van der Waals surface area contributed by atoms with Gasteiger partial charge in [0.05, 0.1) is 12.6 Å². The van der Waals surface area contributed by atoms with Crippen molar-refractivity contribution in [2.24, 2.45) is 5.92 Å². The van der Waals surface area contributed by atoms with Crippen LogP contribution in [-0.2, 0) is 4.79 Å². The number of aliphatic hydroxyl groups is 1. The predicted octanol–water partition coefficient (Wildman–Crippen LogP) is 0.652. The smallest absolute Gasteiger partial charge is 0.233 e. The van der Waals surface area contributed by atoms with E-state index in [2.05, 4.69) is 10.6 Å². The molecule has 0 aromatic carbocycles. The quantitative estimate of drug-likeness (QED) is 0.647. The van der Waals surface area contributed by atoms with E-state index in [1.165, 1.54) is 6.42 Å².